The Balaban J connectivity index is 1.77. The molecular formula is C29H24N4O2. The predicted molar refractivity (Wildman–Crippen MR) is 138 cm³/mol. The SMILES string of the molecule is C=CC(=O)Oc1ccccc1/C(=C(\CC)c1cccc(-n2cccn2)c1)c1ccc2[nH]ncc2c1. The number of aromatic nitrogens is 4. The van der Waals surface area contributed by atoms with Crippen molar-refractivity contribution in [1.29, 1.82) is 0 Å². The summed E-state index contributed by atoms with van der Waals surface area (Å²) in [7, 11) is 0. The van der Waals surface area contributed by atoms with Crippen LogP contribution in [-0.2, 0) is 4.79 Å². The van der Waals surface area contributed by atoms with Crippen LogP contribution >= 0.6 is 0 Å². The van der Waals surface area contributed by atoms with Gasteiger partial charge in [-0.15, -0.1) is 0 Å². The number of ether oxygens (including phenoxy) is 1. The lowest BCUT2D eigenvalue weighted by Crippen LogP contribution is -2.06. The fourth-order valence-corrected chi connectivity index (χ4v) is 4.29. The van der Waals surface area contributed by atoms with Crippen molar-refractivity contribution in [2.24, 2.45) is 0 Å². The van der Waals surface area contributed by atoms with Crippen molar-refractivity contribution < 1.29 is 9.53 Å². The Morgan fingerprint density at radius 2 is 1.94 bits per heavy atom. The van der Waals surface area contributed by atoms with Crippen molar-refractivity contribution in [3.8, 4) is 11.4 Å². The molecule has 0 aliphatic heterocycles. The highest BCUT2D eigenvalue weighted by atomic mass is 16.5. The average Bonchev–Trinajstić information content (AvgIpc) is 3.60. The van der Waals surface area contributed by atoms with Crippen LogP contribution in [0.2, 0.25) is 0 Å². The molecule has 6 heteroatoms. The topological polar surface area (TPSA) is 72.8 Å². The molecule has 0 radical (unpaired) electrons. The van der Waals surface area contributed by atoms with E-state index in [9.17, 15) is 4.79 Å². The van der Waals surface area contributed by atoms with Gasteiger partial charge in [0.1, 0.15) is 5.75 Å². The van der Waals surface area contributed by atoms with Crippen molar-refractivity contribution in [3.05, 3.63) is 121 Å². The lowest BCUT2D eigenvalue weighted by molar-refractivity contribution is -0.128. The maximum Gasteiger partial charge on any atom is 0.335 e. The van der Waals surface area contributed by atoms with Crippen LogP contribution in [0.5, 0.6) is 5.75 Å². The van der Waals surface area contributed by atoms with Crippen LogP contribution in [0.1, 0.15) is 30.0 Å². The highest BCUT2D eigenvalue weighted by molar-refractivity contribution is 6.02. The third-order valence-corrected chi connectivity index (χ3v) is 5.88. The summed E-state index contributed by atoms with van der Waals surface area (Å²) in [5, 5.41) is 12.6. The Labute approximate surface area is 203 Å². The number of para-hydroxylation sites is 1. The zero-order valence-electron chi connectivity index (χ0n) is 19.3. The standard InChI is InChI=1S/C29H24N4O2/c1-3-24(20-9-7-10-23(18-20)33-16-8-15-31-33)29(21-13-14-26-22(17-21)19-30-32-26)25-11-5-6-12-27(25)35-28(34)4-2/h4-19H,2-3H2,1H3,(H,30,32)/b29-24+. The Kier molecular flexibility index (Phi) is 6.09. The molecule has 0 spiro atoms. The first kappa shape index (κ1) is 22.1. The third kappa shape index (κ3) is 4.42. The third-order valence-electron chi connectivity index (χ3n) is 5.88. The molecular weight excluding hydrogens is 436 g/mol. The molecule has 1 N–H and O–H groups in total. The summed E-state index contributed by atoms with van der Waals surface area (Å²) in [5.41, 5.74) is 6.92. The van der Waals surface area contributed by atoms with Crippen LogP contribution < -0.4 is 4.74 Å². The number of hydrogen-bond acceptors (Lipinski definition) is 4. The van der Waals surface area contributed by atoms with Crippen molar-refractivity contribution in [2.45, 2.75) is 13.3 Å². The minimum atomic E-state index is -0.499. The minimum Gasteiger partial charge on any atom is -0.423 e. The van der Waals surface area contributed by atoms with Crippen molar-refractivity contribution >= 4 is 28.0 Å². The molecule has 0 atom stereocenters. The highest BCUT2D eigenvalue weighted by Crippen LogP contribution is 2.39. The lowest BCUT2D eigenvalue weighted by Gasteiger charge is -2.19. The van der Waals surface area contributed by atoms with Gasteiger partial charge in [-0.3, -0.25) is 5.10 Å². The van der Waals surface area contributed by atoms with Crippen LogP contribution in [0, 0.1) is 0 Å². The van der Waals surface area contributed by atoms with E-state index < -0.39 is 5.97 Å². The molecule has 2 heterocycles. The van der Waals surface area contributed by atoms with Crippen LogP contribution in [0.4, 0.5) is 0 Å². The quantitative estimate of drug-likeness (QED) is 0.136. The molecule has 35 heavy (non-hydrogen) atoms. The number of carbonyl (C=O) groups excluding carboxylic acids is 1. The number of allylic oxidation sites excluding steroid dienone is 1. The molecule has 0 bridgehead atoms. The molecule has 0 unspecified atom stereocenters. The first-order valence-corrected chi connectivity index (χ1v) is 11.4. The van der Waals surface area contributed by atoms with Gasteiger partial charge in [0.25, 0.3) is 0 Å². The number of aromatic amines is 1. The Morgan fingerprint density at radius 1 is 1.06 bits per heavy atom. The second-order valence-electron chi connectivity index (χ2n) is 8.00. The number of carbonyl (C=O) groups is 1. The Hall–Kier alpha value is -4.71. The van der Waals surface area contributed by atoms with Gasteiger partial charge in [0.05, 0.1) is 17.4 Å². The second-order valence-corrected chi connectivity index (χ2v) is 8.00. The van der Waals surface area contributed by atoms with Gasteiger partial charge in [0.2, 0.25) is 0 Å². The minimum absolute atomic E-state index is 0.480. The van der Waals surface area contributed by atoms with E-state index in [1.807, 2.05) is 59.5 Å². The highest BCUT2D eigenvalue weighted by Gasteiger charge is 2.19. The molecule has 0 saturated heterocycles. The summed E-state index contributed by atoms with van der Waals surface area (Å²) in [6.45, 7) is 5.68. The molecule has 0 fully saturated rings. The second kappa shape index (κ2) is 9.65. The van der Waals surface area contributed by atoms with Gasteiger partial charge in [0.15, 0.2) is 0 Å². The molecule has 0 aliphatic carbocycles. The lowest BCUT2D eigenvalue weighted by atomic mass is 9.87. The van der Waals surface area contributed by atoms with Crippen LogP contribution in [0.3, 0.4) is 0 Å². The summed E-state index contributed by atoms with van der Waals surface area (Å²) >= 11 is 0. The van der Waals surface area contributed by atoms with Crippen molar-refractivity contribution in [3.63, 3.8) is 0 Å². The largest absolute Gasteiger partial charge is 0.423 e. The van der Waals surface area contributed by atoms with E-state index in [0.29, 0.717) is 5.75 Å². The number of benzene rings is 3. The number of hydrogen-bond donors (Lipinski definition) is 1. The molecule has 2 aromatic heterocycles. The van der Waals surface area contributed by atoms with E-state index in [4.69, 9.17) is 4.74 Å². The van der Waals surface area contributed by atoms with Gasteiger partial charge < -0.3 is 4.74 Å². The van der Waals surface area contributed by atoms with E-state index >= 15 is 0 Å². The van der Waals surface area contributed by atoms with Gasteiger partial charge >= 0.3 is 5.97 Å². The van der Waals surface area contributed by atoms with Gasteiger partial charge in [0, 0.05) is 29.4 Å². The van der Waals surface area contributed by atoms with Crippen LogP contribution in [0.15, 0.2) is 104 Å². The van der Waals surface area contributed by atoms with Crippen LogP contribution in [-0.4, -0.2) is 25.9 Å². The maximum atomic E-state index is 12.1. The zero-order valence-corrected chi connectivity index (χ0v) is 19.3. The first-order chi connectivity index (χ1) is 17.2. The summed E-state index contributed by atoms with van der Waals surface area (Å²) in [5.74, 6) is -0.0188. The number of nitrogens with one attached hydrogen (secondary N) is 1. The summed E-state index contributed by atoms with van der Waals surface area (Å²) in [4.78, 5) is 12.1. The van der Waals surface area contributed by atoms with E-state index in [0.717, 1.165) is 50.8 Å². The molecule has 172 valence electrons. The van der Waals surface area contributed by atoms with E-state index in [2.05, 4.69) is 53.1 Å². The summed E-state index contributed by atoms with van der Waals surface area (Å²) in [6, 6.07) is 24.0. The van der Waals surface area contributed by atoms with E-state index in [-0.39, 0.29) is 0 Å². The van der Waals surface area contributed by atoms with Gasteiger partial charge in [-0.1, -0.05) is 49.9 Å². The molecule has 6 nitrogen and oxygen atoms in total. The van der Waals surface area contributed by atoms with Gasteiger partial charge in [-0.05, 0) is 65.1 Å². The molecule has 5 rings (SSSR count). The Bertz CT molecular complexity index is 1540. The summed E-state index contributed by atoms with van der Waals surface area (Å²) in [6.07, 6.45) is 7.42. The molecule has 0 amide bonds. The number of H-pyrrole nitrogens is 1. The number of nitrogens with zero attached hydrogens (tertiary/aromatic N) is 3. The molecule has 0 aliphatic rings. The fourth-order valence-electron chi connectivity index (χ4n) is 4.29. The fraction of sp³-hybridized carbons (Fsp3) is 0.0690. The van der Waals surface area contributed by atoms with Gasteiger partial charge in [-0.2, -0.15) is 10.2 Å². The van der Waals surface area contributed by atoms with Gasteiger partial charge in [-0.25, -0.2) is 9.48 Å². The smallest absolute Gasteiger partial charge is 0.335 e. The predicted octanol–water partition coefficient (Wildman–Crippen LogP) is 6.21. The van der Waals surface area contributed by atoms with Crippen molar-refractivity contribution in [1.82, 2.24) is 20.0 Å². The zero-order chi connectivity index (χ0) is 24.2. The van der Waals surface area contributed by atoms with Crippen LogP contribution in [0.25, 0.3) is 27.7 Å². The van der Waals surface area contributed by atoms with E-state index in [1.54, 1.807) is 12.3 Å². The summed E-state index contributed by atoms with van der Waals surface area (Å²) < 4.78 is 7.50. The Morgan fingerprint density at radius 3 is 2.74 bits per heavy atom. The number of esters is 1. The van der Waals surface area contributed by atoms with Crippen molar-refractivity contribution in [2.75, 3.05) is 0 Å². The number of rotatable bonds is 7. The average molecular weight is 461 g/mol. The number of fused-ring (bicyclic) bond motifs is 1. The monoisotopic (exact) mass is 460 g/mol. The molecule has 3 aromatic carbocycles. The molecule has 0 saturated carbocycles. The normalized spacial score (nSPS) is 11.8. The molecule has 5 aromatic rings. The first-order valence-electron chi connectivity index (χ1n) is 11.4. The van der Waals surface area contributed by atoms with E-state index in [1.165, 1.54) is 6.08 Å². The maximum absolute atomic E-state index is 12.1.